The highest BCUT2D eigenvalue weighted by Crippen LogP contribution is 2.34. The van der Waals surface area contributed by atoms with Gasteiger partial charge in [-0.25, -0.2) is 4.39 Å². The van der Waals surface area contributed by atoms with Gasteiger partial charge in [0.1, 0.15) is 5.82 Å². The van der Waals surface area contributed by atoms with Crippen LogP contribution in [0.4, 0.5) is 10.1 Å². The van der Waals surface area contributed by atoms with Gasteiger partial charge >= 0.3 is 0 Å². The van der Waals surface area contributed by atoms with Crippen LogP contribution >= 0.6 is 11.8 Å². The molecule has 1 heterocycles. The average molecular weight is 386 g/mol. The van der Waals surface area contributed by atoms with E-state index >= 15 is 0 Å². The molecule has 7 heteroatoms. The van der Waals surface area contributed by atoms with Gasteiger partial charge in [-0.05, 0) is 42.5 Å². The second-order valence-corrected chi connectivity index (χ2v) is 6.93. The third-order valence-electron chi connectivity index (χ3n) is 3.97. The molecule has 0 fully saturated rings. The van der Waals surface area contributed by atoms with Crippen molar-refractivity contribution in [3.63, 3.8) is 0 Å². The van der Waals surface area contributed by atoms with E-state index in [9.17, 15) is 9.18 Å². The zero-order valence-corrected chi connectivity index (χ0v) is 15.5. The molecule has 2 aromatic carbocycles. The van der Waals surface area contributed by atoms with Gasteiger partial charge in [0, 0.05) is 23.5 Å². The summed E-state index contributed by atoms with van der Waals surface area (Å²) in [4.78, 5) is 15.1. The van der Waals surface area contributed by atoms with Crippen LogP contribution in [0.1, 0.15) is 12.8 Å². The van der Waals surface area contributed by atoms with Crippen LogP contribution < -0.4 is 14.4 Å². The number of thioether (sulfide) groups is 1. The minimum absolute atomic E-state index is 0.144. The number of anilines is 1. The standard InChI is InChI=1S/C20H19FN2O3S/c21-15-3-5-16(6-4-15)23(10-1-9-22)20(24)14-27-17-7-8-18-19(13-17)26-12-2-11-25-18/h3-8,13H,1-2,10-12,14H2. The number of nitrogens with zero attached hydrogens (tertiary/aromatic N) is 2. The van der Waals surface area contributed by atoms with Crippen molar-refractivity contribution in [2.75, 3.05) is 30.4 Å². The largest absolute Gasteiger partial charge is 0.490 e. The van der Waals surface area contributed by atoms with Crippen molar-refractivity contribution in [2.24, 2.45) is 0 Å². The first kappa shape index (κ1) is 19.1. The Morgan fingerprint density at radius 2 is 1.89 bits per heavy atom. The Bertz CT molecular complexity index is 836. The maximum atomic E-state index is 13.2. The van der Waals surface area contributed by atoms with Crippen LogP contribution in [-0.4, -0.2) is 31.4 Å². The van der Waals surface area contributed by atoms with Gasteiger partial charge in [-0.15, -0.1) is 11.8 Å². The molecule has 0 bridgehead atoms. The van der Waals surface area contributed by atoms with Crippen molar-refractivity contribution in [3.05, 3.63) is 48.3 Å². The van der Waals surface area contributed by atoms with E-state index in [2.05, 4.69) is 0 Å². The zero-order chi connectivity index (χ0) is 19.1. The minimum atomic E-state index is -0.368. The summed E-state index contributed by atoms with van der Waals surface area (Å²) in [7, 11) is 0. The molecule has 27 heavy (non-hydrogen) atoms. The first-order chi connectivity index (χ1) is 13.2. The molecule has 0 aromatic heterocycles. The lowest BCUT2D eigenvalue weighted by Gasteiger charge is -2.21. The Hall–Kier alpha value is -2.72. The van der Waals surface area contributed by atoms with Gasteiger partial charge in [-0.2, -0.15) is 5.26 Å². The van der Waals surface area contributed by atoms with Crippen molar-refractivity contribution in [1.29, 1.82) is 5.26 Å². The lowest BCUT2D eigenvalue weighted by atomic mass is 10.2. The van der Waals surface area contributed by atoms with Crippen LogP contribution in [0.3, 0.4) is 0 Å². The second kappa shape index (κ2) is 9.28. The van der Waals surface area contributed by atoms with Crippen LogP contribution in [-0.2, 0) is 4.79 Å². The fourth-order valence-electron chi connectivity index (χ4n) is 2.64. The van der Waals surface area contributed by atoms with Gasteiger partial charge in [0.2, 0.25) is 5.91 Å². The van der Waals surface area contributed by atoms with Gasteiger partial charge < -0.3 is 14.4 Å². The summed E-state index contributed by atoms with van der Waals surface area (Å²) >= 11 is 1.38. The van der Waals surface area contributed by atoms with Crippen LogP contribution in [0.2, 0.25) is 0 Å². The molecule has 1 amide bonds. The third-order valence-corrected chi connectivity index (χ3v) is 4.95. The Kier molecular flexibility index (Phi) is 6.55. The highest BCUT2D eigenvalue weighted by molar-refractivity contribution is 8.00. The van der Waals surface area contributed by atoms with Gasteiger partial charge in [0.05, 0.1) is 31.5 Å². The van der Waals surface area contributed by atoms with E-state index in [1.165, 1.54) is 28.8 Å². The number of hydrogen-bond acceptors (Lipinski definition) is 5. The van der Waals surface area contributed by atoms with Crippen molar-refractivity contribution in [1.82, 2.24) is 0 Å². The Balaban J connectivity index is 1.67. The molecule has 0 saturated heterocycles. The Morgan fingerprint density at radius 1 is 1.15 bits per heavy atom. The lowest BCUT2D eigenvalue weighted by molar-refractivity contribution is -0.116. The Morgan fingerprint density at radius 3 is 2.63 bits per heavy atom. The smallest absolute Gasteiger partial charge is 0.237 e. The summed E-state index contributed by atoms with van der Waals surface area (Å²) in [6.07, 6.45) is 1.04. The summed E-state index contributed by atoms with van der Waals surface area (Å²) < 4.78 is 24.4. The Labute approximate surface area is 161 Å². The molecular weight excluding hydrogens is 367 g/mol. The molecule has 0 aliphatic carbocycles. The molecule has 3 rings (SSSR count). The van der Waals surface area contributed by atoms with E-state index in [0.717, 1.165) is 11.3 Å². The molecule has 0 atom stereocenters. The number of carbonyl (C=O) groups excluding carboxylic acids is 1. The molecule has 1 aliphatic heterocycles. The second-order valence-electron chi connectivity index (χ2n) is 5.88. The highest BCUT2D eigenvalue weighted by atomic mass is 32.2. The van der Waals surface area contributed by atoms with Crippen molar-refractivity contribution in [2.45, 2.75) is 17.7 Å². The molecule has 0 unspecified atom stereocenters. The van der Waals surface area contributed by atoms with Gasteiger partial charge in [0.25, 0.3) is 0 Å². The van der Waals surface area contributed by atoms with Crippen molar-refractivity contribution in [3.8, 4) is 17.6 Å². The molecule has 0 N–H and O–H groups in total. The van der Waals surface area contributed by atoms with E-state index < -0.39 is 0 Å². The van der Waals surface area contributed by atoms with Gasteiger partial charge in [-0.1, -0.05) is 0 Å². The summed E-state index contributed by atoms with van der Waals surface area (Å²) in [5, 5.41) is 8.85. The quantitative estimate of drug-likeness (QED) is 0.702. The molecule has 0 radical (unpaired) electrons. The molecule has 140 valence electrons. The molecule has 0 spiro atoms. The predicted octanol–water partition coefficient (Wildman–Crippen LogP) is 4.03. The zero-order valence-electron chi connectivity index (χ0n) is 14.7. The van der Waals surface area contributed by atoms with Gasteiger partial charge in [0.15, 0.2) is 11.5 Å². The van der Waals surface area contributed by atoms with E-state index in [4.69, 9.17) is 14.7 Å². The predicted molar refractivity (Wildman–Crippen MR) is 102 cm³/mol. The van der Waals surface area contributed by atoms with Crippen LogP contribution in [0, 0.1) is 17.1 Å². The summed E-state index contributed by atoms with van der Waals surface area (Å²) in [6, 6.07) is 13.4. The lowest BCUT2D eigenvalue weighted by Crippen LogP contribution is -2.33. The normalized spacial score (nSPS) is 12.7. The average Bonchev–Trinajstić information content (AvgIpc) is 2.93. The van der Waals surface area contributed by atoms with E-state index in [1.54, 1.807) is 12.1 Å². The first-order valence-corrected chi connectivity index (χ1v) is 9.61. The number of nitriles is 1. The van der Waals surface area contributed by atoms with Crippen LogP contribution in [0.15, 0.2) is 47.4 Å². The number of ether oxygens (including phenoxy) is 2. The molecule has 2 aromatic rings. The summed E-state index contributed by atoms with van der Waals surface area (Å²) in [5.41, 5.74) is 0.580. The maximum absolute atomic E-state index is 13.2. The molecule has 1 aliphatic rings. The number of amides is 1. The van der Waals surface area contributed by atoms with Gasteiger partial charge in [-0.3, -0.25) is 4.79 Å². The minimum Gasteiger partial charge on any atom is -0.490 e. The monoisotopic (exact) mass is 386 g/mol. The number of fused-ring (bicyclic) bond motifs is 1. The SMILES string of the molecule is N#CCCN(C(=O)CSc1ccc2c(c1)OCCCO2)c1ccc(F)cc1. The topological polar surface area (TPSA) is 62.6 Å². The van der Waals surface area contributed by atoms with E-state index in [-0.39, 0.29) is 30.4 Å². The van der Waals surface area contributed by atoms with E-state index in [0.29, 0.717) is 30.4 Å². The molecule has 0 saturated carbocycles. The highest BCUT2D eigenvalue weighted by Gasteiger charge is 2.17. The van der Waals surface area contributed by atoms with Crippen molar-refractivity contribution < 1.29 is 18.7 Å². The third kappa shape index (κ3) is 5.14. The fraction of sp³-hybridized carbons (Fsp3) is 0.300. The van der Waals surface area contributed by atoms with Crippen molar-refractivity contribution >= 4 is 23.4 Å². The number of benzene rings is 2. The number of carbonyl (C=O) groups is 1. The summed E-state index contributed by atoms with van der Waals surface area (Å²) in [6.45, 7) is 1.50. The maximum Gasteiger partial charge on any atom is 0.237 e. The molecule has 5 nitrogen and oxygen atoms in total. The summed E-state index contributed by atoms with van der Waals surface area (Å²) in [5.74, 6) is 1.08. The first-order valence-electron chi connectivity index (χ1n) is 8.63. The number of hydrogen-bond donors (Lipinski definition) is 0. The molecular formula is C20H19FN2O3S. The van der Waals surface area contributed by atoms with E-state index in [1.807, 2.05) is 24.3 Å². The number of rotatable bonds is 6. The fourth-order valence-corrected chi connectivity index (χ4v) is 3.44. The van der Waals surface area contributed by atoms with Crippen LogP contribution in [0.25, 0.3) is 0 Å². The van der Waals surface area contributed by atoms with Crippen LogP contribution in [0.5, 0.6) is 11.5 Å². The number of halogens is 1.